The zero-order valence-corrected chi connectivity index (χ0v) is 24.9. The van der Waals surface area contributed by atoms with Gasteiger partial charge in [0, 0.05) is 28.9 Å². The van der Waals surface area contributed by atoms with E-state index < -0.39 is 23.4 Å². The fourth-order valence-electron chi connectivity index (χ4n) is 3.54. The smallest absolute Gasteiger partial charge is 0.435 e. The van der Waals surface area contributed by atoms with Crippen molar-refractivity contribution in [3.63, 3.8) is 0 Å². The van der Waals surface area contributed by atoms with Gasteiger partial charge in [-0.2, -0.15) is 9.78 Å². The highest BCUT2D eigenvalue weighted by Crippen LogP contribution is 2.36. The first kappa shape index (κ1) is 29.3. The van der Waals surface area contributed by atoms with E-state index in [9.17, 15) is 9.59 Å². The third kappa shape index (κ3) is 7.29. The molecule has 0 aliphatic rings. The molecule has 0 aliphatic heterocycles. The molecular weight excluding hydrogens is 550 g/mol. The number of carbonyl (C=O) groups excluding carboxylic acids is 2. The summed E-state index contributed by atoms with van der Waals surface area (Å²) < 4.78 is 15.6. The van der Waals surface area contributed by atoms with E-state index in [4.69, 9.17) is 15.2 Å². The number of ether oxygens (including phenoxy) is 2. The molecule has 13 heteroatoms. The predicted molar refractivity (Wildman–Crippen MR) is 160 cm³/mol. The summed E-state index contributed by atoms with van der Waals surface area (Å²) in [7, 11) is 0. The van der Waals surface area contributed by atoms with Crippen LogP contribution in [0.25, 0.3) is 21.5 Å². The molecule has 4 rings (SSSR count). The second-order valence-electron chi connectivity index (χ2n) is 10.8. The number of nitrogens with zero attached hydrogens (tertiary/aromatic N) is 5. The van der Waals surface area contributed by atoms with Crippen molar-refractivity contribution in [1.29, 1.82) is 0 Å². The van der Waals surface area contributed by atoms with Crippen LogP contribution in [0.4, 0.5) is 26.1 Å². The number of hydrogen-bond acceptors (Lipinski definition) is 11. The highest BCUT2D eigenvalue weighted by molar-refractivity contribution is 8.00. The number of nitrogens with one attached hydrogen (secondary N) is 1. The molecule has 2 aromatic heterocycles. The molecule has 40 heavy (non-hydrogen) atoms. The highest BCUT2D eigenvalue weighted by Gasteiger charge is 2.29. The maximum atomic E-state index is 13.4. The number of benzene rings is 2. The second kappa shape index (κ2) is 11.8. The van der Waals surface area contributed by atoms with Crippen molar-refractivity contribution in [2.75, 3.05) is 21.9 Å². The van der Waals surface area contributed by atoms with E-state index in [0.29, 0.717) is 33.3 Å². The lowest BCUT2D eigenvalue weighted by atomic mass is 10.2. The number of hydrogen-bond donors (Lipinski definition) is 2. The lowest BCUT2D eigenvalue weighted by Crippen LogP contribution is -2.33. The van der Waals surface area contributed by atoms with Gasteiger partial charge in [0.15, 0.2) is 0 Å². The lowest BCUT2D eigenvalue weighted by Gasteiger charge is -2.25. The van der Waals surface area contributed by atoms with Gasteiger partial charge in [0.1, 0.15) is 16.2 Å². The average Bonchev–Trinajstić information content (AvgIpc) is 3.50. The van der Waals surface area contributed by atoms with Crippen LogP contribution in [0.3, 0.4) is 0 Å². The van der Waals surface area contributed by atoms with Gasteiger partial charge in [0.2, 0.25) is 5.13 Å². The quantitative estimate of drug-likeness (QED) is 0.185. The Kier molecular flexibility index (Phi) is 8.66. The molecule has 4 aromatic rings. The van der Waals surface area contributed by atoms with Crippen LogP contribution in [0.15, 0.2) is 48.7 Å². The lowest BCUT2D eigenvalue weighted by molar-refractivity contribution is 0.0521. The third-order valence-corrected chi connectivity index (χ3v) is 6.85. The van der Waals surface area contributed by atoms with Crippen LogP contribution < -0.4 is 15.4 Å². The van der Waals surface area contributed by atoms with Gasteiger partial charge < -0.3 is 19.9 Å². The van der Waals surface area contributed by atoms with E-state index in [1.807, 2.05) is 24.3 Å². The van der Waals surface area contributed by atoms with E-state index in [0.717, 1.165) is 17.0 Å². The predicted octanol–water partition coefficient (Wildman–Crippen LogP) is 6.43. The van der Waals surface area contributed by atoms with Crippen molar-refractivity contribution in [2.24, 2.45) is 5.73 Å². The van der Waals surface area contributed by atoms with Crippen LogP contribution >= 0.6 is 23.3 Å². The normalized spacial score (nSPS) is 11.9. The number of anilines is 3. The third-order valence-electron chi connectivity index (χ3n) is 5.08. The maximum absolute atomic E-state index is 13.4. The minimum Gasteiger partial charge on any atom is -0.443 e. The summed E-state index contributed by atoms with van der Waals surface area (Å²) in [5.74, 6) is 0.777. The summed E-state index contributed by atoms with van der Waals surface area (Å²) in [5, 5.41) is 14.5. The molecule has 0 aliphatic carbocycles. The van der Waals surface area contributed by atoms with E-state index in [2.05, 4.69) is 20.0 Å². The number of fused-ring (bicyclic) bond motifs is 1. The summed E-state index contributed by atoms with van der Waals surface area (Å²) in [6.07, 6.45) is 0.344. The minimum atomic E-state index is -0.740. The van der Waals surface area contributed by atoms with E-state index >= 15 is 0 Å². The zero-order chi connectivity index (χ0) is 29.1. The van der Waals surface area contributed by atoms with E-state index in [1.165, 1.54) is 32.9 Å². The molecule has 0 radical (unpaired) electrons. The first-order valence-corrected chi connectivity index (χ1v) is 14.4. The molecule has 0 atom stereocenters. The topological polar surface area (TPSA) is 137 Å². The van der Waals surface area contributed by atoms with Crippen LogP contribution in [0, 0.1) is 0 Å². The molecule has 1 amide bonds. The Morgan fingerprint density at radius 3 is 2.50 bits per heavy atom. The molecule has 0 bridgehead atoms. The SMILES string of the molecule is CC(C)(C)OC(=O)N(c1ccc2c(cnn2C(=O)OC(C)(C)C)c1)c1nnc(-c2cccc(NSCCN)c2)s1. The molecule has 0 saturated heterocycles. The Morgan fingerprint density at radius 2 is 1.80 bits per heavy atom. The molecule has 212 valence electrons. The molecular formula is C27H33N7O4S2. The van der Waals surface area contributed by atoms with E-state index in [-0.39, 0.29) is 0 Å². The van der Waals surface area contributed by atoms with Crippen molar-refractivity contribution in [3.05, 3.63) is 48.7 Å². The number of aromatic nitrogens is 4. The summed E-state index contributed by atoms with van der Waals surface area (Å²) >= 11 is 2.78. The van der Waals surface area contributed by atoms with Crippen LogP contribution in [-0.2, 0) is 9.47 Å². The minimum absolute atomic E-state index is 0.332. The van der Waals surface area contributed by atoms with Gasteiger partial charge in [-0.1, -0.05) is 35.4 Å². The Bertz CT molecular complexity index is 1500. The van der Waals surface area contributed by atoms with Crippen LogP contribution in [0.5, 0.6) is 0 Å². The molecule has 2 aromatic carbocycles. The monoisotopic (exact) mass is 583 g/mol. The van der Waals surface area contributed by atoms with Gasteiger partial charge in [0.25, 0.3) is 0 Å². The molecule has 0 fully saturated rings. The van der Waals surface area contributed by atoms with E-state index in [1.54, 1.807) is 65.9 Å². The zero-order valence-electron chi connectivity index (χ0n) is 23.3. The fourth-order valence-corrected chi connectivity index (χ4v) is 4.91. The largest absolute Gasteiger partial charge is 0.443 e. The number of carbonyl (C=O) groups is 2. The van der Waals surface area contributed by atoms with Gasteiger partial charge in [-0.05, 0) is 71.9 Å². The molecule has 0 unspecified atom stereocenters. The van der Waals surface area contributed by atoms with Crippen LogP contribution in [0.2, 0.25) is 0 Å². The van der Waals surface area contributed by atoms with Gasteiger partial charge >= 0.3 is 12.2 Å². The van der Waals surface area contributed by atoms with Gasteiger partial charge in [-0.15, -0.1) is 10.2 Å². The highest BCUT2D eigenvalue weighted by atomic mass is 32.2. The molecule has 3 N–H and O–H groups in total. The summed E-state index contributed by atoms with van der Waals surface area (Å²) in [5.41, 5.74) is 6.95. The molecule has 2 heterocycles. The van der Waals surface area contributed by atoms with Crippen molar-refractivity contribution < 1.29 is 19.1 Å². The van der Waals surface area contributed by atoms with Crippen molar-refractivity contribution >= 4 is 62.9 Å². The second-order valence-corrected chi connectivity index (χ2v) is 12.7. The Balaban J connectivity index is 1.69. The molecule has 0 saturated carbocycles. The van der Waals surface area contributed by atoms with Crippen LogP contribution in [0.1, 0.15) is 41.5 Å². The van der Waals surface area contributed by atoms with Crippen molar-refractivity contribution in [3.8, 4) is 10.6 Å². The number of amides is 1. The Morgan fingerprint density at radius 1 is 1.05 bits per heavy atom. The number of nitrogens with two attached hydrogens (primary N) is 1. The average molecular weight is 584 g/mol. The van der Waals surface area contributed by atoms with Crippen molar-refractivity contribution in [2.45, 2.75) is 52.7 Å². The molecule has 11 nitrogen and oxygen atoms in total. The first-order chi connectivity index (χ1) is 18.8. The Hall–Kier alpha value is -3.68. The molecule has 0 spiro atoms. The fraction of sp³-hybridized carbons (Fsp3) is 0.370. The van der Waals surface area contributed by atoms with Crippen molar-refractivity contribution in [1.82, 2.24) is 20.0 Å². The summed E-state index contributed by atoms with van der Waals surface area (Å²) in [4.78, 5) is 27.4. The standard InChI is InChI=1S/C27H33N7O4S2/c1-26(2,3)37-24(35)33(20-10-11-21-18(15-20)16-29-34(21)25(36)38-27(4,5)6)23-31-30-22(40-23)17-8-7-9-19(14-17)32-39-13-12-28/h7-11,14-16,32H,12-13,28H2,1-6H3. The van der Waals surface area contributed by atoms with Gasteiger partial charge in [-0.25, -0.2) is 14.5 Å². The Labute approximate surface area is 241 Å². The number of rotatable bonds is 7. The van der Waals surface area contributed by atoms with Gasteiger partial charge in [-0.3, -0.25) is 0 Å². The maximum Gasteiger partial charge on any atom is 0.435 e. The summed E-state index contributed by atoms with van der Waals surface area (Å²) in [6, 6.07) is 12.9. The first-order valence-electron chi connectivity index (χ1n) is 12.6. The summed E-state index contributed by atoms with van der Waals surface area (Å²) in [6.45, 7) is 11.3. The van der Waals surface area contributed by atoms with Crippen LogP contribution in [-0.4, -0.2) is 55.7 Å². The van der Waals surface area contributed by atoms with Gasteiger partial charge in [0.05, 0.1) is 17.4 Å².